The molecule has 1 aromatic carbocycles. The highest BCUT2D eigenvalue weighted by Crippen LogP contribution is 2.24. The zero-order valence-corrected chi connectivity index (χ0v) is 11.7. The third kappa shape index (κ3) is 4.13. The molecular weight excluding hydrogens is 264 g/mol. The topological polar surface area (TPSA) is 71.3 Å². The number of nitrogens with two attached hydrogens (primary N) is 1. The molecule has 0 aliphatic carbocycles. The molecule has 0 saturated carbocycles. The van der Waals surface area contributed by atoms with Gasteiger partial charge in [-0.2, -0.15) is 0 Å². The Morgan fingerprint density at radius 2 is 2.11 bits per heavy atom. The van der Waals surface area contributed by atoms with E-state index in [1.54, 1.807) is 0 Å². The van der Waals surface area contributed by atoms with E-state index in [2.05, 4.69) is 11.1 Å². The predicted molar refractivity (Wildman–Crippen MR) is 80.1 cm³/mol. The summed E-state index contributed by atoms with van der Waals surface area (Å²) in [5, 5.41) is 9.88. The summed E-state index contributed by atoms with van der Waals surface area (Å²) in [5.41, 5.74) is 7.94. The van der Waals surface area contributed by atoms with Crippen LogP contribution >= 0.6 is 12.4 Å². The van der Waals surface area contributed by atoms with E-state index < -0.39 is 0 Å². The van der Waals surface area contributed by atoms with Crippen molar-refractivity contribution in [1.29, 1.82) is 0 Å². The number of hydrogen-bond acceptors (Lipinski definition) is 3. The molecule has 1 heterocycles. The van der Waals surface area contributed by atoms with E-state index in [4.69, 9.17) is 15.6 Å². The fourth-order valence-electron chi connectivity index (χ4n) is 2.01. The number of rotatable bonds is 7. The summed E-state index contributed by atoms with van der Waals surface area (Å²) in [5.74, 6) is 0.873. The number of aromatic amines is 1. The highest BCUT2D eigenvalue weighted by Gasteiger charge is 2.04. The lowest BCUT2D eigenvalue weighted by molar-refractivity contribution is 0.253. The molecule has 5 heteroatoms. The minimum atomic E-state index is 0. The molecular formula is C14H21ClN2O2. The fourth-order valence-corrected chi connectivity index (χ4v) is 2.01. The molecule has 0 spiro atoms. The Balaban J connectivity index is 0.00000180. The van der Waals surface area contributed by atoms with E-state index in [-0.39, 0.29) is 19.0 Å². The van der Waals surface area contributed by atoms with Crippen LogP contribution in [0.25, 0.3) is 10.9 Å². The zero-order chi connectivity index (χ0) is 12.8. The maximum absolute atomic E-state index is 8.70. The van der Waals surface area contributed by atoms with Gasteiger partial charge in [-0.1, -0.05) is 0 Å². The van der Waals surface area contributed by atoms with Crippen molar-refractivity contribution in [3.05, 3.63) is 30.0 Å². The average Bonchev–Trinajstić information content (AvgIpc) is 2.78. The lowest BCUT2D eigenvalue weighted by Crippen LogP contribution is -2.02. The molecule has 4 nitrogen and oxygen atoms in total. The summed E-state index contributed by atoms with van der Waals surface area (Å²) in [4.78, 5) is 3.23. The molecule has 0 radical (unpaired) electrons. The summed E-state index contributed by atoms with van der Waals surface area (Å²) in [6, 6.07) is 6.04. The van der Waals surface area contributed by atoms with Gasteiger partial charge in [-0.3, -0.25) is 0 Å². The number of aromatic nitrogens is 1. The molecule has 0 bridgehead atoms. The van der Waals surface area contributed by atoms with Crippen molar-refractivity contribution >= 4 is 23.3 Å². The maximum Gasteiger partial charge on any atom is 0.120 e. The van der Waals surface area contributed by atoms with Crippen molar-refractivity contribution in [2.45, 2.75) is 19.3 Å². The molecule has 0 atom stereocenters. The van der Waals surface area contributed by atoms with E-state index in [1.165, 1.54) is 10.9 Å². The number of H-pyrrole nitrogens is 1. The first-order valence-corrected chi connectivity index (χ1v) is 6.39. The van der Waals surface area contributed by atoms with Crippen molar-refractivity contribution in [2.75, 3.05) is 19.8 Å². The van der Waals surface area contributed by atoms with Crippen LogP contribution in [-0.4, -0.2) is 29.8 Å². The molecule has 0 fully saturated rings. The van der Waals surface area contributed by atoms with Gasteiger partial charge < -0.3 is 20.6 Å². The van der Waals surface area contributed by atoms with Gasteiger partial charge in [0.1, 0.15) is 5.75 Å². The maximum atomic E-state index is 8.70. The van der Waals surface area contributed by atoms with Crippen LogP contribution in [0.2, 0.25) is 0 Å². The van der Waals surface area contributed by atoms with Gasteiger partial charge in [0.05, 0.1) is 6.61 Å². The number of hydrogen-bond donors (Lipinski definition) is 3. The van der Waals surface area contributed by atoms with Crippen LogP contribution in [0.5, 0.6) is 5.75 Å². The third-order valence-electron chi connectivity index (χ3n) is 2.97. The van der Waals surface area contributed by atoms with Gasteiger partial charge in [-0.25, -0.2) is 0 Å². The van der Waals surface area contributed by atoms with E-state index in [0.29, 0.717) is 13.2 Å². The number of halogens is 1. The van der Waals surface area contributed by atoms with Gasteiger partial charge in [0, 0.05) is 23.7 Å². The number of nitrogens with one attached hydrogen (secondary N) is 1. The number of aliphatic hydroxyl groups is 1. The molecule has 19 heavy (non-hydrogen) atoms. The van der Waals surface area contributed by atoms with Crippen molar-refractivity contribution < 1.29 is 9.84 Å². The quantitative estimate of drug-likeness (QED) is 0.683. The van der Waals surface area contributed by atoms with Crippen LogP contribution in [-0.2, 0) is 6.42 Å². The summed E-state index contributed by atoms with van der Waals surface area (Å²) in [7, 11) is 0. The normalized spacial score (nSPS) is 10.4. The highest BCUT2D eigenvalue weighted by molar-refractivity contribution is 5.85. The van der Waals surface area contributed by atoms with E-state index >= 15 is 0 Å². The molecule has 1 aromatic heterocycles. The van der Waals surface area contributed by atoms with Crippen LogP contribution in [0.1, 0.15) is 18.4 Å². The monoisotopic (exact) mass is 284 g/mol. The lowest BCUT2D eigenvalue weighted by atomic mass is 10.1. The average molecular weight is 285 g/mol. The Morgan fingerprint density at radius 3 is 2.84 bits per heavy atom. The third-order valence-corrected chi connectivity index (χ3v) is 2.97. The van der Waals surface area contributed by atoms with Crippen LogP contribution < -0.4 is 10.5 Å². The SMILES string of the molecule is Cl.NCCc1c[nH]c2ccc(OCCCCO)cc12. The molecule has 0 amide bonds. The molecule has 2 aromatic rings. The summed E-state index contributed by atoms with van der Waals surface area (Å²) in [6.45, 7) is 1.51. The molecule has 0 aliphatic heterocycles. The number of aliphatic hydroxyl groups excluding tert-OH is 1. The van der Waals surface area contributed by atoms with Crippen molar-refractivity contribution in [2.24, 2.45) is 5.73 Å². The molecule has 2 rings (SSSR count). The Morgan fingerprint density at radius 1 is 1.26 bits per heavy atom. The summed E-state index contributed by atoms with van der Waals surface area (Å²) < 4.78 is 5.66. The Labute approximate surface area is 119 Å². The second-order valence-electron chi connectivity index (χ2n) is 4.34. The fraction of sp³-hybridized carbons (Fsp3) is 0.429. The van der Waals surface area contributed by atoms with Crippen molar-refractivity contribution in [3.63, 3.8) is 0 Å². The number of unbranched alkanes of at least 4 members (excludes halogenated alkanes) is 1. The molecule has 0 aliphatic rings. The Hall–Kier alpha value is -1.23. The number of ether oxygens (including phenoxy) is 1. The van der Waals surface area contributed by atoms with E-state index in [1.807, 2.05) is 18.3 Å². The summed E-state index contributed by atoms with van der Waals surface area (Å²) in [6.07, 6.45) is 4.53. The first-order chi connectivity index (χ1) is 8.85. The molecule has 106 valence electrons. The van der Waals surface area contributed by atoms with Crippen molar-refractivity contribution in [3.8, 4) is 5.75 Å². The second-order valence-corrected chi connectivity index (χ2v) is 4.34. The zero-order valence-electron chi connectivity index (χ0n) is 10.9. The van der Waals surface area contributed by atoms with Crippen LogP contribution in [0.3, 0.4) is 0 Å². The minimum Gasteiger partial charge on any atom is -0.494 e. The van der Waals surface area contributed by atoms with Crippen LogP contribution in [0, 0.1) is 0 Å². The van der Waals surface area contributed by atoms with E-state index in [9.17, 15) is 0 Å². The lowest BCUT2D eigenvalue weighted by Gasteiger charge is -2.06. The van der Waals surface area contributed by atoms with Gasteiger partial charge in [0.25, 0.3) is 0 Å². The van der Waals surface area contributed by atoms with Gasteiger partial charge in [0.2, 0.25) is 0 Å². The number of fused-ring (bicyclic) bond motifs is 1. The van der Waals surface area contributed by atoms with Gasteiger partial charge >= 0.3 is 0 Å². The van der Waals surface area contributed by atoms with E-state index in [0.717, 1.165) is 30.5 Å². The Bertz CT molecular complexity index is 499. The largest absolute Gasteiger partial charge is 0.494 e. The van der Waals surface area contributed by atoms with Crippen LogP contribution in [0.4, 0.5) is 0 Å². The second kappa shape index (κ2) is 8.04. The van der Waals surface area contributed by atoms with Gasteiger partial charge in [0.15, 0.2) is 0 Å². The Kier molecular flexibility index (Phi) is 6.70. The van der Waals surface area contributed by atoms with Gasteiger partial charge in [-0.15, -0.1) is 12.4 Å². The standard InChI is InChI=1S/C14H20N2O2.ClH/c15-6-5-11-10-16-14-4-3-12(9-13(11)14)18-8-2-1-7-17;/h3-4,9-10,16-17H,1-2,5-8,15H2;1H. The van der Waals surface area contributed by atoms with Crippen LogP contribution in [0.15, 0.2) is 24.4 Å². The van der Waals surface area contributed by atoms with Crippen molar-refractivity contribution in [1.82, 2.24) is 4.98 Å². The predicted octanol–water partition coefficient (Wildman–Crippen LogP) is 2.24. The van der Waals surface area contributed by atoms with Gasteiger partial charge in [-0.05, 0) is 49.6 Å². The number of benzene rings is 1. The summed E-state index contributed by atoms with van der Waals surface area (Å²) >= 11 is 0. The smallest absolute Gasteiger partial charge is 0.120 e. The molecule has 4 N–H and O–H groups in total. The molecule has 0 unspecified atom stereocenters. The first-order valence-electron chi connectivity index (χ1n) is 6.39. The molecule has 0 saturated heterocycles. The minimum absolute atomic E-state index is 0. The highest BCUT2D eigenvalue weighted by atomic mass is 35.5. The first kappa shape index (κ1) is 15.8.